The molecule has 8 nitrogen and oxygen atoms in total. The van der Waals surface area contributed by atoms with Gasteiger partial charge in [-0.1, -0.05) is 189 Å². The Morgan fingerprint density at radius 3 is 0.886 bits per heavy atom. The van der Waals surface area contributed by atoms with E-state index in [4.69, 9.17) is 4.74 Å². The average molecular weight is 1240 g/mol. The molecule has 0 aromatic carbocycles. The number of likely N-dealkylation sites (N-methyl/N-ethyl adjacent to an activating group) is 1. The molecule has 528 valence electrons. The van der Waals surface area contributed by atoms with E-state index in [0.29, 0.717) is 5.41 Å². The normalized spacial score (nSPS) is 21.5. The second-order valence-corrected chi connectivity index (χ2v) is 33.7. The Hall–Kier alpha value is -0.320. The predicted octanol–water partition coefficient (Wildman–Crippen LogP) is 20.0. The standard InChI is InChI=1S/C12H24.C10H22N2.3C10H21N.C10H20.C9H19NO.C9H19N/c1-10(2)12(3,4)11-8-6-5-7-9-11;1-10(2)4-5-12-8-6-11(3)7-9-12;1-9(2)8-10-4-6-11(3)7-5-10;2*1-10(2)6-9-11-7-4-3-5-8-11;1-9(2)8-10-6-4-3-5-7-10;1-9(2)3-4-10-5-7-11-8-6-10;1-9(2)5-8-10-6-3-4-7-10/h10-11H,5-9H2,1-4H3;10H,4-9H2,1-3H3;9-10H,4-8H2,1-3H3;2*10H,3-9H2,1-2H3;9-10H,3-8H2,1-2H3;9H,3-8H2,1-2H3;9H,3-8H2,1-2H3. The maximum Gasteiger partial charge on any atom is 0.0594 e. The van der Waals surface area contributed by atoms with Crippen LogP contribution >= 0.6 is 0 Å². The van der Waals surface area contributed by atoms with E-state index in [1.54, 1.807) is 0 Å². The van der Waals surface area contributed by atoms with Gasteiger partial charge in [0.2, 0.25) is 0 Å². The molecule has 0 bridgehead atoms. The molecule has 8 fully saturated rings. The summed E-state index contributed by atoms with van der Waals surface area (Å²) >= 11 is 0. The van der Waals surface area contributed by atoms with Crippen molar-refractivity contribution in [3.63, 3.8) is 0 Å². The number of rotatable bonds is 21. The fraction of sp³-hybridized carbons (Fsp3) is 1.00. The smallest absolute Gasteiger partial charge is 0.0594 e. The SMILES string of the molecule is CC(C)C(C)(C)C1CCCCC1.CC(C)CC1CCCCC1.CC(C)CC1CCN(C)CC1.CC(C)CCN1CCCC1.CC(C)CCN1CCCCC1.CC(C)CCN1CCCCC1.CC(C)CCN1CCN(C)CC1.CC(C)CCN1CCOCC1. The number of ether oxygens (including phenoxy) is 1. The molecule has 8 heteroatoms. The molecule has 0 amide bonds. The summed E-state index contributed by atoms with van der Waals surface area (Å²) in [5.41, 5.74) is 0.570. The van der Waals surface area contributed by atoms with Gasteiger partial charge in [0.15, 0.2) is 0 Å². The summed E-state index contributed by atoms with van der Waals surface area (Å²) in [5.74, 6) is 10.0. The van der Waals surface area contributed by atoms with Crippen molar-refractivity contribution in [2.75, 3.05) is 152 Å². The minimum Gasteiger partial charge on any atom is -0.379 e. The molecule has 2 saturated carbocycles. The van der Waals surface area contributed by atoms with E-state index in [2.05, 4.69) is 173 Å². The van der Waals surface area contributed by atoms with Crippen molar-refractivity contribution >= 4 is 0 Å². The summed E-state index contributed by atoms with van der Waals surface area (Å²) in [6.07, 6.45) is 38.9. The van der Waals surface area contributed by atoms with Crippen molar-refractivity contribution in [3.8, 4) is 0 Å². The van der Waals surface area contributed by atoms with Crippen molar-refractivity contribution in [1.82, 2.24) is 34.3 Å². The van der Waals surface area contributed by atoms with Gasteiger partial charge < -0.3 is 34.1 Å². The van der Waals surface area contributed by atoms with Gasteiger partial charge in [0.05, 0.1) is 13.2 Å². The molecule has 0 aromatic rings. The van der Waals surface area contributed by atoms with E-state index >= 15 is 0 Å². The highest BCUT2D eigenvalue weighted by molar-refractivity contribution is 4.83. The molecule has 8 aliphatic rings. The van der Waals surface area contributed by atoms with Gasteiger partial charge in [0.1, 0.15) is 0 Å². The van der Waals surface area contributed by atoms with Crippen LogP contribution in [0.5, 0.6) is 0 Å². The Labute approximate surface area is 556 Å². The third-order valence-corrected chi connectivity index (χ3v) is 21.2. The van der Waals surface area contributed by atoms with Crippen LogP contribution in [0.25, 0.3) is 0 Å². The second-order valence-electron chi connectivity index (χ2n) is 33.7. The number of likely N-dealkylation sites (tertiary alicyclic amines) is 4. The fourth-order valence-electron chi connectivity index (χ4n) is 13.8. The minimum absolute atomic E-state index is 0.570. The minimum atomic E-state index is 0.570. The Balaban J connectivity index is 0.000000503. The molecule has 0 spiro atoms. The van der Waals surface area contributed by atoms with Crippen molar-refractivity contribution in [3.05, 3.63) is 0 Å². The van der Waals surface area contributed by atoms with Gasteiger partial charge in [0, 0.05) is 39.3 Å². The lowest BCUT2D eigenvalue weighted by Gasteiger charge is -2.40. The monoisotopic (exact) mass is 1240 g/mol. The van der Waals surface area contributed by atoms with E-state index < -0.39 is 0 Å². The maximum absolute atomic E-state index is 5.26. The number of morpholine rings is 1. The molecule has 2 aliphatic carbocycles. The van der Waals surface area contributed by atoms with Gasteiger partial charge in [-0.25, -0.2) is 0 Å². The highest BCUT2D eigenvalue weighted by Crippen LogP contribution is 2.43. The van der Waals surface area contributed by atoms with Crippen molar-refractivity contribution < 1.29 is 4.74 Å². The lowest BCUT2D eigenvalue weighted by molar-refractivity contribution is 0.0360. The highest BCUT2D eigenvalue weighted by atomic mass is 16.5. The van der Waals surface area contributed by atoms with Gasteiger partial charge in [-0.3, -0.25) is 4.90 Å². The molecule has 8 rings (SSSR count). The Morgan fingerprint density at radius 1 is 0.295 bits per heavy atom. The molecule has 0 N–H and O–H groups in total. The number of nitrogens with zero attached hydrogens (tertiary/aromatic N) is 7. The Bertz CT molecular complexity index is 1380. The Morgan fingerprint density at radius 2 is 0.568 bits per heavy atom. The zero-order valence-corrected chi connectivity index (χ0v) is 64.3. The summed E-state index contributed by atoms with van der Waals surface area (Å²) in [7, 11) is 4.44. The largest absolute Gasteiger partial charge is 0.379 e. The van der Waals surface area contributed by atoms with Crippen LogP contribution in [0.4, 0.5) is 0 Å². The van der Waals surface area contributed by atoms with Gasteiger partial charge >= 0.3 is 0 Å². The van der Waals surface area contributed by atoms with Crippen molar-refractivity contribution in [1.29, 1.82) is 0 Å². The molecule has 0 radical (unpaired) electrons. The molecule has 0 atom stereocenters. The van der Waals surface area contributed by atoms with Crippen LogP contribution in [0, 0.1) is 70.5 Å². The van der Waals surface area contributed by atoms with Gasteiger partial charge in [-0.05, 0) is 279 Å². The van der Waals surface area contributed by atoms with Crippen LogP contribution in [0.1, 0.15) is 298 Å². The first-order chi connectivity index (χ1) is 41.9. The van der Waals surface area contributed by atoms with Gasteiger partial charge in [-0.15, -0.1) is 0 Å². The van der Waals surface area contributed by atoms with Crippen LogP contribution in [-0.4, -0.2) is 186 Å². The number of hydrogen-bond donors (Lipinski definition) is 0. The van der Waals surface area contributed by atoms with Crippen LogP contribution in [-0.2, 0) is 4.74 Å². The zero-order valence-electron chi connectivity index (χ0n) is 64.3. The van der Waals surface area contributed by atoms with E-state index in [9.17, 15) is 0 Å². The maximum atomic E-state index is 5.26. The molecular formula is C80H167N7O. The van der Waals surface area contributed by atoms with E-state index in [1.807, 2.05) is 0 Å². The first kappa shape index (κ1) is 85.7. The number of hydrogen-bond acceptors (Lipinski definition) is 8. The summed E-state index contributed by atoms with van der Waals surface area (Å²) in [4.78, 5) is 17.7. The molecule has 6 aliphatic heterocycles. The third kappa shape index (κ3) is 49.3. The zero-order chi connectivity index (χ0) is 65.5. The molecule has 0 aromatic heterocycles. The molecule has 6 saturated heterocycles. The topological polar surface area (TPSA) is 31.9 Å². The van der Waals surface area contributed by atoms with Crippen LogP contribution in [0.3, 0.4) is 0 Å². The third-order valence-electron chi connectivity index (χ3n) is 21.2. The molecule has 88 heavy (non-hydrogen) atoms. The molecular weight excluding hydrogens is 1070 g/mol. The average Bonchev–Trinajstić information content (AvgIpc) is 4.19. The predicted molar refractivity (Wildman–Crippen MR) is 396 cm³/mol. The van der Waals surface area contributed by atoms with Gasteiger partial charge in [-0.2, -0.15) is 0 Å². The van der Waals surface area contributed by atoms with Crippen molar-refractivity contribution in [2.45, 2.75) is 298 Å². The van der Waals surface area contributed by atoms with E-state index in [-0.39, 0.29) is 0 Å². The summed E-state index contributed by atoms with van der Waals surface area (Å²) in [6, 6.07) is 0. The van der Waals surface area contributed by atoms with E-state index in [0.717, 1.165) is 91.4 Å². The summed E-state index contributed by atoms with van der Waals surface area (Å²) in [5, 5.41) is 0. The van der Waals surface area contributed by atoms with Crippen LogP contribution < -0.4 is 0 Å². The van der Waals surface area contributed by atoms with E-state index in [1.165, 1.54) is 285 Å². The number of piperazine rings is 1. The Kier molecular flexibility index (Phi) is 52.5. The quantitative estimate of drug-likeness (QED) is 0.112. The van der Waals surface area contributed by atoms with Crippen LogP contribution in [0.15, 0.2) is 0 Å². The van der Waals surface area contributed by atoms with Crippen molar-refractivity contribution in [2.24, 2.45) is 70.5 Å². The van der Waals surface area contributed by atoms with Crippen LogP contribution in [0.2, 0.25) is 0 Å². The highest BCUT2D eigenvalue weighted by Gasteiger charge is 2.33. The fourth-order valence-corrected chi connectivity index (χ4v) is 13.8. The summed E-state index contributed by atoms with van der Waals surface area (Å²) in [6.45, 7) is 68.4. The second kappa shape index (κ2) is 53.9. The first-order valence-electron chi connectivity index (χ1n) is 39.4. The molecule has 6 heterocycles. The molecule has 0 unspecified atom stereocenters. The van der Waals surface area contributed by atoms with Gasteiger partial charge in [0.25, 0.3) is 0 Å². The summed E-state index contributed by atoms with van der Waals surface area (Å²) < 4.78 is 5.26. The number of piperidine rings is 3. The lowest BCUT2D eigenvalue weighted by atomic mass is 9.65. The first-order valence-corrected chi connectivity index (χ1v) is 39.4. The lowest BCUT2D eigenvalue weighted by Crippen LogP contribution is -2.44.